The fourth-order valence-electron chi connectivity index (χ4n) is 4.82. The highest BCUT2D eigenvalue weighted by Crippen LogP contribution is 2.40. The van der Waals surface area contributed by atoms with Crippen LogP contribution in [-0.2, 0) is 10.8 Å². The van der Waals surface area contributed by atoms with Crippen molar-refractivity contribution in [3.8, 4) is 34.1 Å². The number of hydrogen-bond acceptors (Lipinski definition) is 3. The second-order valence-electron chi connectivity index (χ2n) is 9.79. The molecule has 2 unspecified atom stereocenters. The van der Waals surface area contributed by atoms with E-state index in [0.29, 0.717) is 37.1 Å². The van der Waals surface area contributed by atoms with E-state index in [4.69, 9.17) is 10.00 Å². The van der Waals surface area contributed by atoms with Gasteiger partial charge in [0.15, 0.2) is 11.6 Å². The molecule has 222 valence electrons. The molecule has 0 aliphatic carbocycles. The molecule has 0 bridgehead atoms. The van der Waals surface area contributed by atoms with Gasteiger partial charge in [-0.15, -0.1) is 0 Å². The predicted molar refractivity (Wildman–Crippen MR) is 135 cm³/mol. The summed E-state index contributed by atoms with van der Waals surface area (Å²) in [6, 6.07) is 9.10. The van der Waals surface area contributed by atoms with Crippen LogP contribution in [0.15, 0.2) is 60.7 Å². The Kier molecular flexibility index (Phi) is 8.12. The highest BCUT2D eigenvalue weighted by Gasteiger charge is 2.41. The van der Waals surface area contributed by atoms with Gasteiger partial charge in [-0.25, -0.2) is 30.7 Å². The van der Waals surface area contributed by atoms with Crippen molar-refractivity contribution in [2.45, 2.75) is 25.1 Å². The average molecular weight is 607 g/mol. The second-order valence-corrected chi connectivity index (χ2v) is 9.79. The van der Waals surface area contributed by atoms with Crippen LogP contribution in [0, 0.1) is 58.0 Å². The minimum atomic E-state index is -4.72. The number of rotatable bonds is 6. The van der Waals surface area contributed by atoms with Crippen LogP contribution in [0.25, 0.3) is 22.3 Å². The molecule has 12 heteroatoms. The molecule has 3 nitrogen and oxygen atoms in total. The third-order valence-electron chi connectivity index (χ3n) is 6.93. The molecule has 4 aromatic rings. The number of alkyl halides is 2. The van der Waals surface area contributed by atoms with E-state index < -0.39 is 75.4 Å². The van der Waals surface area contributed by atoms with Gasteiger partial charge < -0.3 is 9.47 Å². The van der Waals surface area contributed by atoms with Crippen LogP contribution in [0.1, 0.15) is 30.1 Å². The van der Waals surface area contributed by atoms with Crippen molar-refractivity contribution in [2.24, 2.45) is 5.92 Å². The zero-order chi connectivity index (χ0) is 31.1. The predicted octanol–water partition coefficient (Wildman–Crippen LogP) is 9.11. The van der Waals surface area contributed by atoms with Crippen LogP contribution >= 0.6 is 0 Å². The van der Waals surface area contributed by atoms with Crippen molar-refractivity contribution in [2.75, 3.05) is 6.61 Å². The quantitative estimate of drug-likeness (QED) is 0.205. The largest absolute Gasteiger partial charge is 0.432 e. The Morgan fingerprint density at radius 2 is 1.35 bits per heavy atom. The van der Waals surface area contributed by atoms with E-state index in [0.717, 1.165) is 36.4 Å². The van der Waals surface area contributed by atoms with E-state index in [-0.39, 0.29) is 29.2 Å². The Morgan fingerprint density at radius 3 is 1.91 bits per heavy atom. The summed E-state index contributed by atoms with van der Waals surface area (Å²) >= 11 is 0. The van der Waals surface area contributed by atoms with Gasteiger partial charge in [-0.05, 0) is 78.1 Å². The summed E-state index contributed by atoms with van der Waals surface area (Å²) in [5.74, 6) is -11.1. The molecule has 0 spiro atoms. The first-order chi connectivity index (χ1) is 20.4. The fraction of sp³-hybridized carbons (Fsp3) is 0.194. The van der Waals surface area contributed by atoms with E-state index in [9.17, 15) is 39.5 Å². The lowest BCUT2D eigenvalue weighted by atomic mass is 9.93. The van der Waals surface area contributed by atoms with Gasteiger partial charge in [0.25, 0.3) is 0 Å². The summed E-state index contributed by atoms with van der Waals surface area (Å²) < 4.78 is 141. The van der Waals surface area contributed by atoms with Crippen LogP contribution in [0.4, 0.5) is 39.5 Å². The van der Waals surface area contributed by atoms with E-state index in [2.05, 4.69) is 4.74 Å². The average Bonchev–Trinajstić information content (AvgIpc) is 2.93. The standard InChI is InChI=1S/C31H18F9NO2/c32-21-5-2-16(7-23(21)34)20-4-3-19(12-22(20)33)43-31(39,40)30-26(37)10-18(11-27(30)38)29-24(35)8-17(9-25(29)36)28-6-1-15(13-41)14-42-28/h2-5,7-12,15,28H,1,6,14H2. The van der Waals surface area contributed by atoms with Gasteiger partial charge in [0.2, 0.25) is 0 Å². The first-order valence-electron chi connectivity index (χ1n) is 12.7. The van der Waals surface area contributed by atoms with Crippen molar-refractivity contribution in [1.29, 1.82) is 5.26 Å². The molecule has 1 aliphatic heterocycles. The smallest absolute Gasteiger partial charge is 0.429 e. The van der Waals surface area contributed by atoms with Gasteiger partial charge in [0, 0.05) is 11.6 Å². The summed E-state index contributed by atoms with van der Waals surface area (Å²) in [7, 11) is 0. The lowest BCUT2D eigenvalue weighted by molar-refractivity contribution is -0.189. The SMILES string of the molecule is N#CC1CCC(c2cc(F)c(-c3cc(F)c(C(F)(F)Oc4ccc(-c5ccc(F)c(F)c5)c(F)c4)c(F)c3)c(F)c2)OC1. The molecule has 0 amide bonds. The Balaban J connectivity index is 1.40. The lowest BCUT2D eigenvalue weighted by Gasteiger charge is -2.26. The monoisotopic (exact) mass is 607 g/mol. The van der Waals surface area contributed by atoms with E-state index in [1.807, 2.05) is 6.07 Å². The molecule has 0 radical (unpaired) electrons. The topological polar surface area (TPSA) is 42.2 Å². The van der Waals surface area contributed by atoms with Gasteiger partial charge in [-0.3, -0.25) is 0 Å². The van der Waals surface area contributed by atoms with Crippen molar-refractivity contribution in [3.63, 3.8) is 0 Å². The molecule has 43 heavy (non-hydrogen) atoms. The van der Waals surface area contributed by atoms with Crippen molar-refractivity contribution >= 4 is 0 Å². The molecule has 0 N–H and O–H groups in total. The third kappa shape index (κ3) is 6.03. The summed E-state index contributed by atoms with van der Waals surface area (Å²) in [6.07, 6.45) is -4.69. The molecule has 1 saturated heterocycles. The van der Waals surface area contributed by atoms with Crippen LogP contribution < -0.4 is 4.74 Å². The fourth-order valence-corrected chi connectivity index (χ4v) is 4.82. The molecular weight excluding hydrogens is 589 g/mol. The Morgan fingerprint density at radius 1 is 0.698 bits per heavy atom. The van der Waals surface area contributed by atoms with Crippen molar-refractivity contribution in [1.82, 2.24) is 0 Å². The summed E-state index contributed by atoms with van der Waals surface area (Å²) in [5, 5.41) is 8.96. The van der Waals surface area contributed by atoms with Gasteiger partial charge in [0.1, 0.15) is 40.4 Å². The highest BCUT2D eigenvalue weighted by atomic mass is 19.3. The van der Waals surface area contributed by atoms with Gasteiger partial charge in [-0.2, -0.15) is 14.0 Å². The van der Waals surface area contributed by atoms with Crippen LogP contribution in [0.2, 0.25) is 0 Å². The van der Waals surface area contributed by atoms with E-state index in [1.54, 1.807) is 0 Å². The summed E-state index contributed by atoms with van der Waals surface area (Å²) in [6.45, 7) is 0.0609. The molecule has 1 fully saturated rings. The second kappa shape index (κ2) is 11.6. The number of benzene rings is 4. The molecule has 5 rings (SSSR count). The Bertz CT molecular complexity index is 1700. The minimum absolute atomic E-state index is 0.0609. The molecule has 1 aliphatic rings. The third-order valence-corrected chi connectivity index (χ3v) is 6.93. The maximum atomic E-state index is 15.0. The molecular formula is C31H18F9NO2. The molecule has 0 aromatic heterocycles. The minimum Gasteiger partial charge on any atom is -0.429 e. The lowest BCUT2D eigenvalue weighted by Crippen LogP contribution is -2.25. The molecule has 1 heterocycles. The van der Waals surface area contributed by atoms with Gasteiger partial charge in [0.05, 0.1) is 30.3 Å². The van der Waals surface area contributed by atoms with Crippen LogP contribution in [-0.4, -0.2) is 6.61 Å². The first-order valence-corrected chi connectivity index (χ1v) is 12.7. The van der Waals surface area contributed by atoms with Crippen molar-refractivity contribution < 1.29 is 49.0 Å². The number of nitriles is 1. The molecule has 0 saturated carbocycles. The number of nitrogens with zero attached hydrogens (tertiary/aromatic N) is 1. The number of hydrogen-bond donors (Lipinski definition) is 0. The zero-order valence-corrected chi connectivity index (χ0v) is 21.7. The molecule has 2 atom stereocenters. The Labute approximate surface area is 238 Å². The summed E-state index contributed by atoms with van der Waals surface area (Å²) in [5.41, 5.74) is -3.82. The maximum absolute atomic E-state index is 15.0. The zero-order valence-electron chi connectivity index (χ0n) is 21.7. The normalized spacial score (nSPS) is 17.0. The number of ether oxygens (including phenoxy) is 2. The Hall–Kier alpha value is -4.50. The van der Waals surface area contributed by atoms with Crippen LogP contribution in [0.5, 0.6) is 5.75 Å². The molecule has 4 aromatic carbocycles. The van der Waals surface area contributed by atoms with E-state index >= 15 is 0 Å². The van der Waals surface area contributed by atoms with Crippen molar-refractivity contribution in [3.05, 3.63) is 113 Å². The van der Waals surface area contributed by atoms with Gasteiger partial charge in [-0.1, -0.05) is 6.07 Å². The van der Waals surface area contributed by atoms with Gasteiger partial charge >= 0.3 is 6.11 Å². The van der Waals surface area contributed by atoms with Crippen LogP contribution in [0.3, 0.4) is 0 Å². The number of halogens is 9. The highest BCUT2D eigenvalue weighted by molar-refractivity contribution is 5.67. The van der Waals surface area contributed by atoms with E-state index in [1.165, 1.54) is 0 Å². The maximum Gasteiger partial charge on any atom is 0.432 e. The first kappa shape index (κ1) is 30.0. The summed E-state index contributed by atoms with van der Waals surface area (Å²) in [4.78, 5) is 0.